The zero-order valence-electron chi connectivity index (χ0n) is 27.6. The molecule has 11 aromatic rings. The first-order valence-corrected chi connectivity index (χ1v) is 19.2. The maximum absolute atomic E-state index is 2.52. The van der Waals surface area contributed by atoms with E-state index in [-0.39, 0.29) is 14.5 Å². The molecule has 0 spiro atoms. The van der Waals surface area contributed by atoms with Crippen LogP contribution >= 0.6 is 0 Å². The Morgan fingerprint density at radius 1 is 0.333 bits per heavy atom. The van der Waals surface area contributed by atoms with E-state index >= 15 is 0 Å². The Balaban J connectivity index is 1.18. The fraction of sp³-hybridized carbons (Fsp3) is 0. The van der Waals surface area contributed by atoms with Crippen molar-refractivity contribution < 1.29 is 0 Å². The summed E-state index contributed by atoms with van der Waals surface area (Å²) in [6, 6.07) is 67.0. The first kappa shape index (κ1) is 28.7. The Bertz CT molecular complexity index is 3090. The standard InChI is InChI=1S/C48H30N2Se/c1-2-13-31(14-3-1)32-15-10-16-33(29-32)35-20-11-25-45-47(35)48-44(24-12-26-46(48)51-45)50-42-23-9-6-19-38(42)39-30-34(27-28-43(39)50)49-40-21-7-4-17-36(40)37-18-5-8-22-41(37)49/h1-30H. The first-order valence-electron chi connectivity index (χ1n) is 17.4. The Labute approximate surface area is 300 Å². The van der Waals surface area contributed by atoms with Gasteiger partial charge < -0.3 is 0 Å². The summed E-state index contributed by atoms with van der Waals surface area (Å²) in [6.45, 7) is 0. The van der Waals surface area contributed by atoms with E-state index in [9.17, 15) is 0 Å². The third kappa shape index (κ3) is 4.29. The van der Waals surface area contributed by atoms with Gasteiger partial charge in [-0.15, -0.1) is 0 Å². The van der Waals surface area contributed by atoms with Gasteiger partial charge in [-0.3, -0.25) is 0 Å². The number of para-hydroxylation sites is 3. The Kier molecular flexibility index (Phi) is 6.30. The molecule has 0 saturated carbocycles. The Hall–Kier alpha value is -6.12. The molecule has 0 aliphatic rings. The van der Waals surface area contributed by atoms with Crippen LogP contribution < -0.4 is 0 Å². The summed E-state index contributed by atoms with van der Waals surface area (Å²) < 4.78 is 7.82. The fourth-order valence-electron chi connectivity index (χ4n) is 8.33. The number of hydrogen-bond acceptors (Lipinski definition) is 0. The number of rotatable bonds is 4. The van der Waals surface area contributed by atoms with E-state index in [0.29, 0.717) is 0 Å². The molecule has 3 heteroatoms. The van der Waals surface area contributed by atoms with E-state index in [4.69, 9.17) is 0 Å². The molecule has 0 unspecified atom stereocenters. The normalized spacial score (nSPS) is 11.9. The summed E-state index contributed by atoms with van der Waals surface area (Å²) >= 11 is 0.218. The van der Waals surface area contributed by atoms with Crippen molar-refractivity contribution in [3.63, 3.8) is 0 Å². The van der Waals surface area contributed by atoms with Gasteiger partial charge in [-0.1, -0.05) is 12.1 Å². The zero-order valence-corrected chi connectivity index (χ0v) is 29.3. The van der Waals surface area contributed by atoms with Gasteiger partial charge in [0.25, 0.3) is 0 Å². The predicted octanol–water partition coefficient (Wildman–Crippen LogP) is 12.6. The van der Waals surface area contributed by atoms with Crippen molar-refractivity contribution in [1.29, 1.82) is 0 Å². The van der Waals surface area contributed by atoms with Gasteiger partial charge in [-0.25, -0.2) is 0 Å². The van der Waals surface area contributed by atoms with E-state index in [0.717, 1.165) is 0 Å². The van der Waals surface area contributed by atoms with Gasteiger partial charge in [0.2, 0.25) is 0 Å². The van der Waals surface area contributed by atoms with Crippen molar-refractivity contribution in [1.82, 2.24) is 9.13 Å². The van der Waals surface area contributed by atoms with Crippen LogP contribution in [0.4, 0.5) is 0 Å². The van der Waals surface area contributed by atoms with E-state index in [1.165, 1.54) is 96.5 Å². The van der Waals surface area contributed by atoms with Crippen molar-refractivity contribution in [2.45, 2.75) is 0 Å². The van der Waals surface area contributed by atoms with Crippen LogP contribution in [-0.2, 0) is 0 Å². The summed E-state index contributed by atoms with van der Waals surface area (Å²) in [5.74, 6) is 0. The average Bonchev–Trinajstić information content (AvgIpc) is 3.86. The van der Waals surface area contributed by atoms with Gasteiger partial charge >= 0.3 is 290 Å². The number of benzene rings is 8. The van der Waals surface area contributed by atoms with Crippen molar-refractivity contribution >= 4 is 77.4 Å². The molecule has 0 saturated heterocycles. The van der Waals surface area contributed by atoms with Gasteiger partial charge in [0.15, 0.2) is 0 Å². The number of hydrogen-bond donors (Lipinski definition) is 0. The maximum atomic E-state index is 2.52. The first-order chi connectivity index (χ1) is 25.3. The summed E-state index contributed by atoms with van der Waals surface area (Å²) in [4.78, 5) is 0. The molecule has 0 amide bonds. The van der Waals surface area contributed by atoms with Crippen molar-refractivity contribution in [2.24, 2.45) is 0 Å². The Morgan fingerprint density at radius 2 is 0.882 bits per heavy atom. The summed E-state index contributed by atoms with van der Waals surface area (Å²) in [5.41, 5.74) is 12.4. The van der Waals surface area contributed by atoms with Crippen LogP contribution in [0.1, 0.15) is 0 Å². The molecular weight excluding hydrogens is 684 g/mol. The monoisotopic (exact) mass is 714 g/mol. The van der Waals surface area contributed by atoms with Gasteiger partial charge in [0.05, 0.1) is 0 Å². The van der Waals surface area contributed by atoms with Gasteiger partial charge in [0, 0.05) is 0 Å². The molecule has 51 heavy (non-hydrogen) atoms. The van der Waals surface area contributed by atoms with E-state index in [1.54, 1.807) is 0 Å². The van der Waals surface area contributed by atoms with Gasteiger partial charge in [-0.2, -0.15) is 0 Å². The minimum atomic E-state index is 0.218. The van der Waals surface area contributed by atoms with Crippen LogP contribution in [0.25, 0.3) is 96.5 Å². The van der Waals surface area contributed by atoms with E-state index in [1.807, 2.05) is 0 Å². The van der Waals surface area contributed by atoms with E-state index < -0.39 is 0 Å². The van der Waals surface area contributed by atoms with Crippen LogP contribution in [0.3, 0.4) is 0 Å². The van der Waals surface area contributed by atoms with Crippen LogP contribution in [0.5, 0.6) is 0 Å². The second kappa shape index (κ2) is 11.2. The minimum absolute atomic E-state index is 0.218. The van der Waals surface area contributed by atoms with Crippen LogP contribution in [-0.4, -0.2) is 23.6 Å². The molecule has 0 N–H and O–H groups in total. The predicted molar refractivity (Wildman–Crippen MR) is 218 cm³/mol. The molecule has 11 rings (SSSR count). The summed E-state index contributed by atoms with van der Waals surface area (Å²) in [6.07, 6.45) is 0. The van der Waals surface area contributed by atoms with Crippen LogP contribution in [0.2, 0.25) is 0 Å². The number of nitrogens with zero attached hydrogens (tertiary/aromatic N) is 2. The fourth-order valence-corrected chi connectivity index (χ4v) is 10.8. The summed E-state index contributed by atoms with van der Waals surface area (Å²) in [7, 11) is 0. The van der Waals surface area contributed by atoms with Crippen LogP contribution in [0, 0.1) is 0 Å². The average molecular weight is 714 g/mol. The molecule has 0 aliphatic heterocycles. The van der Waals surface area contributed by atoms with Crippen molar-refractivity contribution in [2.75, 3.05) is 0 Å². The summed E-state index contributed by atoms with van der Waals surface area (Å²) in [5, 5.41) is 7.82. The molecular formula is C48H30N2Se. The molecule has 0 radical (unpaired) electrons. The molecule has 0 fully saturated rings. The van der Waals surface area contributed by atoms with Gasteiger partial charge in [-0.05, 0) is 0 Å². The zero-order chi connectivity index (χ0) is 33.5. The van der Waals surface area contributed by atoms with E-state index in [2.05, 4.69) is 191 Å². The second-order valence-corrected chi connectivity index (χ2v) is 15.6. The molecule has 3 heterocycles. The number of aromatic nitrogens is 2. The number of fused-ring (bicyclic) bond motifs is 9. The van der Waals surface area contributed by atoms with Crippen molar-refractivity contribution in [3.8, 4) is 33.6 Å². The molecule has 3 aromatic heterocycles. The molecule has 238 valence electrons. The second-order valence-electron chi connectivity index (χ2n) is 13.3. The quantitative estimate of drug-likeness (QED) is 0.161. The molecule has 0 bridgehead atoms. The Morgan fingerprint density at radius 3 is 1.63 bits per heavy atom. The molecule has 0 aliphatic carbocycles. The van der Waals surface area contributed by atoms with Gasteiger partial charge in [0.1, 0.15) is 0 Å². The topological polar surface area (TPSA) is 9.86 Å². The van der Waals surface area contributed by atoms with Crippen LogP contribution in [0.15, 0.2) is 182 Å². The molecule has 8 aromatic carbocycles. The molecule has 2 nitrogen and oxygen atoms in total. The third-order valence-corrected chi connectivity index (χ3v) is 12.9. The third-order valence-electron chi connectivity index (χ3n) is 10.5. The van der Waals surface area contributed by atoms with Crippen molar-refractivity contribution in [3.05, 3.63) is 182 Å². The molecule has 0 atom stereocenters. The SMILES string of the molecule is c1ccc(-c2cccc(-c3cccc4[se]c5cccc(-n6c7ccccc7c7cc(-n8c9ccccc9c9ccccc98)ccc76)c5c34)c2)cc1.